The standard InChI is InChI=1S/C20H25N7S/c1-5-15(13-25(3)4)16-12-21-27-18(22-19-10-14(2)24-28-19)11-17(23-20(16)27)26-8-6-7-9-26/h5,10-13,22H,1,6-9H2,2-4H3/b15-13+. The molecule has 146 valence electrons. The number of nitrogens with zero attached hydrogens (tertiary/aromatic N) is 6. The number of aromatic nitrogens is 4. The molecule has 0 aliphatic carbocycles. The van der Waals surface area contributed by atoms with Crippen LogP contribution in [-0.2, 0) is 0 Å². The minimum atomic E-state index is 0.820. The van der Waals surface area contributed by atoms with Crippen LogP contribution in [0.3, 0.4) is 0 Å². The van der Waals surface area contributed by atoms with E-state index in [1.165, 1.54) is 24.4 Å². The average molecular weight is 396 g/mol. The maximum absolute atomic E-state index is 4.97. The van der Waals surface area contributed by atoms with Crippen LogP contribution in [0.1, 0.15) is 24.1 Å². The second-order valence-electron chi connectivity index (χ2n) is 7.20. The van der Waals surface area contributed by atoms with Gasteiger partial charge in [-0.3, -0.25) is 0 Å². The Bertz CT molecular complexity index is 1020. The minimum absolute atomic E-state index is 0.820. The maximum Gasteiger partial charge on any atom is 0.167 e. The third-order valence-electron chi connectivity index (χ3n) is 4.70. The SMILES string of the molecule is C=C/C(=C\N(C)C)c1cnn2c(Nc3cc(C)ns3)cc(N3CCCC3)nc12. The van der Waals surface area contributed by atoms with Gasteiger partial charge in [-0.05, 0) is 37.4 Å². The summed E-state index contributed by atoms with van der Waals surface area (Å²) in [5.41, 5.74) is 3.78. The summed E-state index contributed by atoms with van der Waals surface area (Å²) in [4.78, 5) is 9.31. The van der Waals surface area contributed by atoms with Crippen molar-refractivity contribution in [3.8, 4) is 0 Å². The fourth-order valence-electron chi connectivity index (χ4n) is 3.41. The van der Waals surface area contributed by atoms with E-state index >= 15 is 0 Å². The second-order valence-corrected chi connectivity index (χ2v) is 8.00. The van der Waals surface area contributed by atoms with E-state index in [-0.39, 0.29) is 0 Å². The smallest absolute Gasteiger partial charge is 0.167 e. The first-order chi connectivity index (χ1) is 13.5. The molecule has 0 atom stereocenters. The number of anilines is 3. The van der Waals surface area contributed by atoms with Crippen molar-refractivity contribution < 1.29 is 0 Å². The monoisotopic (exact) mass is 395 g/mol. The van der Waals surface area contributed by atoms with Crippen molar-refractivity contribution in [2.75, 3.05) is 37.4 Å². The Balaban J connectivity index is 1.86. The maximum atomic E-state index is 4.97. The summed E-state index contributed by atoms with van der Waals surface area (Å²) in [6.07, 6.45) is 8.15. The van der Waals surface area contributed by atoms with Crippen LogP contribution in [-0.4, -0.2) is 51.1 Å². The molecule has 1 fully saturated rings. The van der Waals surface area contributed by atoms with E-state index in [9.17, 15) is 0 Å². The Morgan fingerprint density at radius 3 is 2.71 bits per heavy atom. The first-order valence-corrected chi connectivity index (χ1v) is 10.2. The first-order valence-electron chi connectivity index (χ1n) is 9.40. The molecule has 0 bridgehead atoms. The summed E-state index contributed by atoms with van der Waals surface area (Å²) in [5, 5.41) is 9.08. The van der Waals surface area contributed by atoms with Crippen LogP contribution in [0.15, 0.2) is 37.2 Å². The third-order valence-corrected chi connectivity index (χ3v) is 5.49. The van der Waals surface area contributed by atoms with Gasteiger partial charge in [-0.1, -0.05) is 12.7 Å². The van der Waals surface area contributed by atoms with Gasteiger partial charge in [0.15, 0.2) is 5.65 Å². The van der Waals surface area contributed by atoms with Gasteiger partial charge < -0.3 is 15.1 Å². The molecule has 7 nitrogen and oxygen atoms in total. The lowest BCUT2D eigenvalue weighted by Crippen LogP contribution is -2.20. The Morgan fingerprint density at radius 1 is 1.29 bits per heavy atom. The van der Waals surface area contributed by atoms with Crippen molar-refractivity contribution in [3.05, 3.63) is 48.4 Å². The van der Waals surface area contributed by atoms with Gasteiger partial charge in [-0.2, -0.15) is 14.0 Å². The van der Waals surface area contributed by atoms with E-state index < -0.39 is 0 Å². The summed E-state index contributed by atoms with van der Waals surface area (Å²) in [6.45, 7) is 8.04. The Kier molecular flexibility index (Phi) is 5.04. The highest BCUT2D eigenvalue weighted by atomic mass is 32.1. The predicted molar refractivity (Wildman–Crippen MR) is 116 cm³/mol. The van der Waals surface area contributed by atoms with Gasteiger partial charge in [0.1, 0.15) is 16.6 Å². The number of rotatable bonds is 6. The van der Waals surface area contributed by atoms with Crippen LogP contribution in [0.2, 0.25) is 0 Å². The Morgan fingerprint density at radius 2 is 2.07 bits per heavy atom. The first kappa shape index (κ1) is 18.5. The molecule has 1 aliphatic rings. The minimum Gasteiger partial charge on any atom is -0.383 e. The van der Waals surface area contributed by atoms with Crippen molar-refractivity contribution in [1.29, 1.82) is 0 Å². The fourth-order valence-corrected chi connectivity index (χ4v) is 4.08. The lowest BCUT2D eigenvalue weighted by molar-refractivity contribution is 0.566. The topological polar surface area (TPSA) is 61.6 Å². The van der Waals surface area contributed by atoms with Crippen LogP contribution in [0.5, 0.6) is 0 Å². The summed E-state index contributed by atoms with van der Waals surface area (Å²) in [6, 6.07) is 4.12. The predicted octanol–water partition coefficient (Wildman–Crippen LogP) is 3.93. The average Bonchev–Trinajstić information content (AvgIpc) is 3.40. The lowest BCUT2D eigenvalue weighted by atomic mass is 10.1. The molecule has 0 aromatic carbocycles. The van der Waals surface area contributed by atoms with E-state index in [0.29, 0.717) is 0 Å². The molecule has 0 radical (unpaired) electrons. The molecule has 1 saturated heterocycles. The summed E-state index contributed by atoms with van der Waals surface area (Å²) in [7, 11) is 3.99. The number of fused-ring (bicyclic) bond motifs is 1. The van der Waals surface area contributed by atoms with Crippen molar-refractivity contribution in [3.63, 3.8) is 0 Å². The largest absolute Gasteiger partial charge is 0.383 e. The van der Waals surface area contributed by atoms with Gasteiger partial charge in [0, 0.05) is 50.6 Å². The molecule has 0 amide bonds. The van der Waals surface area contributed by atoms with Gasteiger partial charge in [-0.15, -0.1) is 0 Å². The van der Waals surface area contributed by atoms with Crippen molar-refractivity contribution in [1.82, 2.24) is 23.9 Å². The van der Waals surface area contributed by atoms with Crippen molar-refractivity contribution >= 4 is 39.4 Å². The van der Waals surface area contributed by atoms with Gasteiger partial charge in [0.05, 0.1) is 11.9 Å². The number of nitrogens with one attached hydrogen (secondary N) is 1. The summed E-state index contributed by atoms with van der Waals surface area (Å²) in [5.74, 6) is 1.86. The summed E-state index contributed by atoms with van der Waals surface area (Å²) < 4.78 is 6.23. The highest BCUT2D eigenvalue weighted by molar-refractivity contribution is 7.10. The van der Waals surface area contributed by atoms with Gasteiger partial charge in [0.25, 0.3) is 0 Å². The van der Waals surface area contributed by atoms with Gasteiger partial charge >= 0.3 is 0 Å². The van der Waals surface area contributed by atoms with Crippen LogP contribution >= 0.6 is 11.5 Å². The molecule has 1 aliphatic heterocycles. The van der Waals surface area contributed by atoms with E-state index in [0.717, 1.165) is 52.2 Å². The molecule has 1 N–H and O–H groups in total. The van der Waals surface area contributed by atoms with Crippen LogP contribution in [0.25, 0.3) is 11.2 Å². The molecular weight excluding hydrogens is 370 g/mol. The summed E-state index contributed by atoms with van der Waals surface area (Å²) >= 11 is 1.45. The molecule has 4 heterocycles. The molecule has 3 aromatic rings. The van der Waals surface area contributed by atoms with E-state index in [4.69, 9.17) is 4.98 Å². The quantitative estimate of drug-likeness (QED) is 0.638. The zero-order valence-electron chi connectivity index (χ0n) is 16.5. The van der Waals surface area contributed by atoms with E-state index in [2.05, 4.69) is 32.3 Å². The normalized spacial score (nSPS) is 14.7. The highest BCUT2D eigenvalue weighted by Gasteiger charge is 2.19. The number of allylic oxidation sites excluding steroid dienone is 2. The third kappa shape index (κ3) is 3.60. The lowest BCUT2D eigenvalue weighted by Gasteiger charge is -2.18. The van der Waals surface area contributed by atoms with Crippen molar-refractivity contribution in [2.45, 2.75) is 19.8 Å². The zero-order chi connectivity index (χ0) is 19.7. The number of hydrogen-bond donors (Lipinski definition) is 1. The molecule has 4 rings (SSSR count). The van der Waals surface area contributed by atoms with Gasteiger partial charge in [0.2, 0.25) is 0 Å². The number of hydrogen-bond acceptors (Lipinski definition) is 7. The Labute approximate surface area is 169 Å². The fraction of sp³-hybridized carbons (Fsp3) is 0.350. The Hall–Kier alpha value is -2.87. The number of aryl methyl sites for hydroxylation is 1. The molecule has 0 spiro atoms. The molecule has 8 heteroatoms. The van der Waals surface area contributed by atoms with E-state index in [1.54, 1.807) is 0 Å². The molecular formula is C20H25N7S. The van der Waals surface area contributed by atoms with Crippen LogP contribution in [0.4, 0.5) is 16.6 Å². The van der Waals surface area contributed by atoms with Crippen LogP contribution < -0.4 is 10.2 Å². The molecule has 28 heavy (non-hydrogen) atoms. The second kappa shape index (κ2) is 7.63. The van der Waals surface area contributed by atoms with E-state index in [1.807, 2.05) is 55.0 Å². The van der Waals surface area contributed by atoms with Crippen LogP contribution in [0, 0.1) is 6.92 Å². The molecule has 0 saturated carbocycles. The molecule has 0 unspecified atom stereocenters. The zero-order valence-corrected chi connectivity index (χ0v) is 17.3. The van der Waals surface area contributed by atoms with Crippen molar-refractivity contribution in [2.24, 2.45) is 0 Å². The molecule has 3 aromatic heterocycles. The van der Waals surface area contributed by atoms with Gasteiger partial charge in [-0.25, -0.2) is 4.98 Å². The highest BCUT2D eigenvalue weighted by Crippen LogP contribution is 2.30.